The number of ether oxygens (including phenoxy) is 2. The Morgan fingerprint density at radius 2 is 1.90 bits per heavy atom. The fourth-order valence-electron chi connectivity index (χ4n) is 4.21. The first-order valence-corrected chi connectivity index (χ1v) is 10.2. The quantitative estimate of drug-likeness (QED) is 0.575. The van der Waals surface area contributed by atoms with Gasteiger partial charge >= 0.3 is 6.09 Å². The molecule has 2 bridgehead atoms. The molecule has 1 aliphatic carbocycles. The van der Waals surface area contributed by atoms with Crippen LogP contribution in [0.4, 0.5) is 10.5 Å². The molecule has 1 N–H and O–H groups in total. The van der Waals surface area contributed by atoms with Crippen molar-refractivity contribution in [1.82, 2.24) is 4.90 Å². The molecule has 2 aromatic rings. The van der Waals surface area contributed by atoms with Crippen molar-refractivity contribution < 1.29 is 14.3 Å². The third-order valence-electron chi connectivity index (χ3n) is 5.74. The second-order valence-corrected chi connectivity index (χ2v) is 7.71. The van der Waals surface area contributed by atoms with Gasteiger partial charge in [0, 0.05) is 23.7 Å². The third-order valence-corrected chi connectivity index (χ3v) is 5.74. The number of para-hydroxylation sites is 1. The summed E-state index contributed by atoms with van der Waals surface area (Å²) in [5.41, 5.74) is 5.33. The maximum Gasteiger partial charge on any atom is 0.415 e. The van der Waals surface area contributed by atoms with Gasteiger partial charge in [0.15, 0.2) is 0 Å². The highest BCUT2D eigenvalue weighted by Gasteiger charge is 2.46. The Labute approximate surface area is 181 Å². The first-order chi connectivity index (χ1) is 15.1. The largest absolute Gasteiger partial charge is 0.497 e. The fourth-order valence-corrected chi connectivity index (χ4v) is 4.21. The van der Waals surface area contributed by atoms with Gasteiger partial charge in [-0.05, 0) is 55.7 Å². The zero-order chi connectivity index (χ0) is 21.8. The van der Waals surface area contributed by atoms with E-state index in [-0.39, 0.29) is 17.9 Å². The van der Waals surface area contributed by atoms with Gasteiger partial charge in [0.2, 0.25) is 0 Å². The number of carbonyl (C=O) groups excluding carboxylic acids is 1. The van der Waals surface area contributed by atoms with E-state index in [1.165, 1.54) is 0 Å². The number of hydrazone groups is 1. The second kappa shape index (κ2) is 8.92. The van der Waals surface area contributed by atoms with E-state index in [1.807, 2.05) is 55.5 Å². The van der Waals surface area contributed by atoms with Gasteiger partial charge in [-0.3, -0.25) is 10.3 Å². The van der Waals surface area contributed by atoms with Crippen molar-refractivity contribution in [3.05, 3.63) is 66.2 Å². The van der Waals surface area contributed by atoms with Gasteiger partial charge in [-0.1, -0.05) is 24.3 Å². The van der Waals surface area contributed by atoms with Gasteiger partial charge in [0.25, 0.3) is 0 Å². The van der Waals surface area contributed by atoms with Gasteiger partial charge in [0.1, 0.15) is 11.5 Å². The van der Waals surface area contributed by atoms with Crippen LogP contribution in [0.15, 0.2) is 71.3 Å². The average Bonchev–Trinajstić information content (AvgIpc) is 2.83. The molecular weight excluding hydrogens is 392 g/mol. The number of benzene rings is 2. The molecule has 0 saturated carbocycles. The number of fused-ring (bicyclic) bond motifs is 2. The molecule has 3 atom stereocenters. The van der Waals surface area contributed by atoms with Crippen molar-refractivity contribution in [3.63, 3.8) is 0 Å². The zero-order valence-corrected chi connectivity index (χ0v) is 17.5. The monoisotopic (exact) mass is 416 g/mol. The molecule has 2 aliphatic heterocycles. The minimum atomic E-state index is -0.442. The van der Waals surface area contributed by atoms with Crippen molar-refractivity contribution in [2.24, 2.45) is 16.9 Å². The van der Waals surface area contributed by atoms with Gasteiger partial charge in [-0.25, -0.2) is 4.79 Å². The highest BCUT2D eigenvalue weighted by molar-refractivity contribution is 5.88. The summed E-state index contributed by atoms with van der Waals surface area (Å²) in [6.07, 6.45) is 2.38. The molecule has 3 aliphatic rings. The Balaban J connectivity index is 1.52. The number of carbonyl (C=O) groups is 1. The van der Waals surface area contributed by atoms with Gasteiger partial charge < -0.3 is 9.47 Å². The summed E-state index contributed by atoms with van der Waals surface area (Å²) in [4.78, 5) is 14.6. The summed E-state index contributed by atoms with van der Waals surface area (Å²) >= 11 is 0. The highest BCUT2D eigenvalue weighted by Crippen LogP contribution is 2.39. The minimum absolute atomic E-state index is 0.0625. The highest BCUT2D eigenvalue weighted by atomic mass is 16.6. The summed E-state index contributed by atoms with van der Waals surface area (Å²) in [7, 11) is 1.62. The van der Waals surface area contributed by atoms with Crippen LogP contribution in [0.25, 0.3) is 0 Å². The van der Waals surface area contributed by atoms with E-state index in [9.17, 15) is 10.1 Å². The Bertz CT molecular complexity index is 1040. The van der Waals surface area contributed by atoms with Crippen LogP contribution in [0, 0.1) is 23.2 Å². The molecule has 31 heavy (non-hydrogen) atoms. The van der Waals surface area contributed by atoms with Crippen molar-refractivity contribution in [2.45, 2.75) is 19.4 Å². The lowest BCUT2D eigenvalue weighted by Crippen LogP contribution is -2.57. The van der Waals surface area contributed by atoms with Gasteiger partial charge in [-0.15, -0.1) is 0 Å². The number of anilines is 1. The molecule has 1 fully saturated rings. The number of amides is 1. The Kier molecular flexibility index (Phi) is 5.89. The number of nitriles is 1. The van der Waals surface area contributed by atoms with Crippen LogP contribution in [0.1, 0.15) is 13.3 Å². The van der Waals surface area contributed by atoms with Gasteiger partial charge in [-0.2, -0.15) is 10.4 Å². The van der Waals surface area contributed by atoms with E-state index in [0.29, 0.717) is 17.9 Å². The Hall–Kier alpha value is -3.79. The Morgan fingerprint density at radius 1 is 1.16 bits per heavy atom. The summed E-state index contributed by atoms with van der Waals surface area (Å²) < 4.78 is 10.7. The lowest BCUT2D eigenvalue weighted by atomic mass is 9.72. The average molecular weight is 416 g/mol. The molecule has 1 saturated heterocycles. The van der Waals surface area contributed by atoms with Crippen LogP contribution >= 0.6 is 0 Å². The molecule has 2 heterocycles. The fraction of sp³-hybridized carbons (Fsp3) is 0.292. The van der Waals surface area contributed by atoms with E-state index in [0.717, 1.165) is 23.6 Å². The summed E-state index contributed by atoms with van der Waals surface area (Å²) in [6, 6.07) is 18.3. The van der Waals surface area contributed by atoms with Crippen LogP contribution in [0.5, 0.6) is 11.5 Å². The molecule has 3 unspecified atom stereocenters. The lowest BCUT2D eigenvalue weighted by Gasteiger charge is -2.47. The first-order valence-electron chi connectivity index (χ1n) is 10.2. The molecule has 0 aromatic heterocycles. The summed E-state index contributed by atoms with van der Waals surface area (Å²) in [6.45, 7) is 2.47. The topological polar surface area (TPSA) is 87.0 Å². The molecule has 0 spiro atoms. The molecule has 158 valence electrons. The zero-order valence-electron chi connectivity index (χ0n) is 17.5. The number of nitrogens with one attached hydrogen (secondary N) is 1. The number of nitrogens with zero attached hydrogens (tertiary/aromatic N) is 3. The molecule has 1 amide bonds. The van der Waals surface area contributed by atoms with Crippen LogP contribution in [0.2, 0.25) is 0 Å². The summed E-state index contributed by atoms with van der Waals surface area (Å²) in [5, 5.41) is 14.2. The van der Waals surface area contributed by atoms with Crippen LogP contribution in [-0.2, 0) is 0 Å². The van der Waals surface area contributed by atoms with E-state index >= 15 is 0 Å². The second-order valence-electron chi connectivity index (χ2n) is 7.71. The molecule has 2 aromatic carbocycles. The maximum atomic E-state index is 12.9. The minimum Gasteiger partial charge on any atom is -0.497 e. The Morgan fingerprint density at radius 3 is 2.58 bits per heavy atom. The number of rotatable bonds is 5. The smallest absolute Gasteiger partial charge is 0.415 e. The van der Waals surface area contributed by atoms with E-state index in [1.54, 1.807) is 24.1 Å². The molecule has 7 nitrogen and oxygen atoms in total. The van der Waals surface area contributed by atoms with E-state index < -0.39 is 6.09 Å². The lowest BCUT2D eigenvalue weighted by molar-refractivity contribution is 0.0913. The molecule has 0 radical (unpaired) electrons. The van der Waals surface area contributed by atoms with Crippen molar-refractivity contribution >= 4 is 17.5 Å². The van der Waals surface area contributed by atoms with Crippen molar-refractivity contribution in [3.8, 4) is 17.6 Å². The van der Waals surface area contributed by atoms with E-state index in [2.05, 4.69) is 16.6 Å². The number of hydrogen-bond donors (Lipinski definition) is 1. The van der Waals surface area contributed by atoms with Crippen molar-refractivity contribution in [2.75, 3.05) is 19.1 Å². The molecule has 7 heteroatoms. The molecular formula is C24H24N4O3. The number of methoxy groups -OCH3 is 1. The molecule has 5 rings (SSSR count). The van der Waals surface area contributed by atoms with E-state index in [4.69, 9.17) is 9.47 Å². The third kappa shape index (κ3) is 4.38. The predicted octanol–water partition coefficient (Wildman–Crippen LogP) is 4.45. The van der Waals surface area contributed by atoms with Crippen LogP contribution in [-0.4, -0.2) is 36.4 Å². The number of hydrogen-bond acceptors (Lipinski definition) is 6. The SMILES string of the molecule is COc1ccc(N/N=C(\C)C2CC3C=C(C#N)C2N(C(=O)Oc2ccccc2)C3)cc1. The van der Waals surface area contributed by atoms with Crippen LogP contribution in [0.3, 0.4) is 0 Å². The van der Waals surface area contributed by atoms with Gasteiger partial charge in [0.05, 0.1) is 24.9 Å². The standard InChI is InChI=1S/C24H24N4O3/c1-16(26-27-19-8-10-20(30-2)11-9-19)22-13-17-12-18(14-25)23(22)28(15-17)24(29)31-21-6-4-3-5-7-21/h3-12,17,22-23,27H,13,15H2,1-2H3/b26-16+. The summed E-state index contributed by atoms with van der Waals surface area (Å²) in [5.74, 6) is 1.29. The maximum absolute atomic E-state index is 12.9. The van der Waals surface area contributed by atoms with Crippen molar-refractivity contribution in [1.29, 1.82) is 5.26 Å². The normalized spacial score (nSPS) is 22.4. The van der Waals surface area contributed by atoms with Crippen LogP contribution < -0.4 is 14.9 Å². The predicted molar refractivity (Wildman–Crippen MR) is 118 cm³/mol. The first kappa shape index (κ1) is 20.5. The number of piperidine rings is 1.